The van der Waals surface area contributed by atoms with Gasteiger partial charge in [0.25, 0.3) is 0 Å². The lowest BCUT2D eigenvalue weighted by molar-refractivity contribution is -0.0227. The molecule has 1 aliphatic heterocycles. The van der Waals surface area contributed by atoms with Crippen molar-refractivity contribution in [1.29, 1.82) is 0 Å². The molecule has 2 rings (SSSR count). The van der Waals surface area contributed by atoms with Crippen molar-refractivity contribution >= 4 is 14.1 Å². The van der Waals surface area contributed by atoms with Crippen LogP contribution >= 0.6 is 0 Å². The average molecular weight is 368 g/mol. The standard InChI is InChI=1S/C18H33N3O3Si/c1-12(2)25(13(3)4,14(5)6)23-11-15-7-8-17(24-15)21-10-9-16(19)20-18(21)22/h9-10,12-15,17H,7-8,11H2,1-6H3,(H2,19,20,22)/t15-,17+/m0/s1. The molecular weight excluding hydrogens is 334 g/mol. The molecule has 0 saturated carbocycles. The summed E-state index contributed by atoms with van der Waals surface area (Å²) in [6.45, 7) is 14.3. The minimum atomic E-state index is -1.89. The van der Waals surface area contributed by atoms with Crippen molar-refractivity contribution in [2.24, 2.45) is 0 Å². The van der Waals surface area contributed by atoms with Crippen LogP contribution in [0, 0.1) is 0 Å². The van der Waals surface area contributed by atoms with Gasteiger partial charge in [-0.3, -0.25) is 4.57 Å². The van der Waals surface area contributed by atoms with E-state index >= 15 is 0 Å². The molecule has 1 saturated heterocycles. The van der Waals surface area contributed by atoms with E-state index in [0.717, 1.165) is 12.8 Å². The van der Waals surface area contributed by atoms with Crippen LogP contribution in [0.5, 0.6) is 0 Å². The number of rotatable bonds is 7. The molecule has 6 nitrogen and oxygen atoms in total. The summed E-state index contributed by atoms with van der Waals surface area (Å²) in [6, 6.07) is 1.63. The van der Waals surface area contributed by atoms with Gasteiger partial charge in [-0.1, -0.05) is 41.5 Å². The molecule has 2 atom stereocenters. The average Bonchev–Trinajstić information content (AvgIpc) is 2.95. The Hall–Kier alpha value is -1.18. The first-order valence-electron chi connectivity index (χ1n) is 9.32. The molecule has 0 aromatic carbocycles. The Kier molecular flexibility index (Phi) is 6.45. The molecule has 0 amide bonds. The first-order valence-corrected chi connectivity index (χ1v) is 11.5. The predicted octanol–water partition coefficient (Wildman–Crippen LogP) is 3.70. The van der Waals surface area contributed by atoms with Crippen LogP contribution in [0.1, 0.15) is 60.6 Å². The molecule has 0 bridgehead atoms. The maximum atomic E-state index is 12.0. The molecule has 1 aliphatic rings. The van der Waals surface area contributed by atoms with Crippen LogP contribution in [-0.2, 0) is 9.16 Å². The summed E-state index contributed by atoms with van der Waals surface area (Å²) in [5, 5.41) is 0. The first kappa shape index (κ1) is 20.1. The van der Waals surface area contributed by atoms with Crippen molar-refractivity contribution in [1.82, 2.24) is 9.55 Å². The predicted molar refractivity (Wildman–Crippen MR) is 103 cm³/mol. The lowest BCUT2D eigenvalue weighted by atomic mass is 10.2. The molecule has 7 heteroatoms. The minimum Gasteiger partial charge on any atom is -0.413 e. The number of aromatic nitrogens is 2. The fraction of sp³-hybridized carbons (Fsp3) is 0.778. The highest BCUT2D eigenvalue weighted by molar-refractivity contribution is 6.77. The van der Waals surface area contributed by atoms with E-state index in [1.165, 1.54) is 4.57 Å². The summed E-state index contributed by atoms with van der Waals surface area (Å²) in [5.74, 6) is 0.237. The molecule has 2 N–H and O–H groups in total. The molecule has 1 fully saturated rings. The summed E-state index contributed by atoms with van der Waals surface area (Å²) in [4.78, 5) is 15.8. The van der Waals surface area contributed by atoms with Crippen molar-refractivity contribution < 1.29 is 9.16 Å². The van der Waals surface area contributed by atoms with Crippen LogP contribution in [-0.4, -0.2) is 30.6 Å². The van der Waals surface area contributed by atoms with Crippen molar-refractivity contribution in [2.45, 2.75) is 83.3 Å². The molecule has 2 heterocycles. The number of ether oxygens (including phenoxy) is 1. The molecule has 1 aromatic heterocycles. The third-order valence-corrected chi connectivity index (χ3v) is 11.6. The molecule has 25 heavy (non-hydrogen) atoms. The zero-order valence-electron chi connectivity index (χ0n) is 16.4. The number of nitrogen functional groups attached to an aromatic ring is 1. The van der Waals surface area contributed by atoms with Gasteiger partial charge >= 0.3 is 5.69 Å². The van der Waals surface area contributed by atoms with Gasteiger partial charge in [-0.2, -0.15) is 4.98 Å². The van der Waals surface area contributed by atoms with Crippen molar-refractivity contribution in [2.75, 3.05) is 12.3 Å². The lowest BCUT2D eigenvalue weighted by Gasteiger charge is -2.42. The zero-order valence-corrected chi connectivity index (χ0v) is 17.4. The summed E-state index contributed by atoms with van der Waals surface area (Å²) in [5.41, 5.74) is 6.84. The molecule has 0 unspecified atom stereocenters. The second-order valence-electron chi connectivity index (χ2n) is 7.96. The monoisotopic (exact) mass is 367 g/mol. The third-order valence-electron chi connectivity index (χ3n) is 5.47. The van der Waals surface area contributed by atoms with Crippen LogP contribution in [0.15, 0.2) is 17.1 Å². The quantitative estimate of drug-likeness (QED) is 0.743. The van der Waals surface area contributed by atoms with Crippen molar-refractivity contribution in [3.63, 3.8) is 0 Å². The zero-order chi connectivity index (χ0) is 18.8. The summed E-state index contributed by atoms with van der Waals surface area (Å²) in [6.07, 6.45) is 3.09. The summed E-state index contributed by atoms with van der Waals surface area (Å²) in [7, 11) is -1.89. The second kappa shape index (κ2) is 8.01. The fourth-order valence-electron chi connectivity index (χ4n) is 4.40. The van der Waals surface area contributed by atoms with Crippen LogP contribution in [0.2, 0.25) is 16.6 Å². The molecule has 0 spiro atoms. The molecule has 0 aliphatic carbocycles. The van der Waals surface area contributed by atoms with Crippen LogP contribution in [0.25, 0.3) is 0 Å². The first-order chi connectivity index (χ1) is 11.7. The summed E-state index contributed by atoms with van der Waals surface area (Å²) < 4.78 is 14.2. The Morgan fingerprint density at radius 1 is 1.24 bits per heavy atom. The van der Waals surface area contributed by atoms with Gasteiger partial charge in [0.2, 0.25) is 0 Å². The molecule has 1 aromatic rings. The highest BCUT2D eigenvalue weighted by atomic mass is 28.4. The Labute approximate surface area is 151 Å². The Morgan fingerprint density at radius 2 is 1.84 bits per heavy atom. The number of hydrogen-bond donors (Lipinski definition) is 1. The number of anilines is 1. The fourth-order valence-corrected chi connectivity index (χ4v) is 9.87. The Bertz CT molecular complexity index is 608. The second-order valence-corrected chi connectivity index (χ2v) is 13.4. The van der Waals surface area contributed by atoms with Crippen molar-refractivity contribution in [3.8, 4) is 0 Å². The number of hydrogen-bond acceptors (Lipinski definition) is 5. The van der Waals surface area contributed by atoms with E-state index in [0.29, 0.717) is 23.2 Å². The van der Waals surface area contributed by atoms with Gasteiger partial charge in [0.15, 0.2) is 8.32 Å². The Balaban J connectivity index is 2.04. The lowest BCUT2D eigenvalue weighted by Crippen LogP contribution is -2.49. The van der Waals surface area contributed by atoms with Crippen LogP contribution in [0.4, 0.5) is 5.82 Å². The van der Waals surface area contributed by atoms with E-state index < -0.39 is 8.32 Å². The normalized spacial score (nSPS) is 21.6. The molecule has 0 radical (unpaired) electrons. The number of nitrogens with zero attached hydrogens (tertiary/aromatic N) is 2. The molecular formula is C18H33N3O3Si. The molecule has 142 valence electrons. The van der Waals surface area contributed by atoms with E-state index in [1.807, 2.05) is 0 Å². The van der Waals surface area contributed by atoms with E-state index in [9.17, 15) is 4.79 Å². The maximum Gasteiger partial charge on any atom is 0.351 e. The largest absolute Gasteiger partial charge is 0.413 e. The van der Waals surface area contributed by atoms with Gasteiger partial charge in [-0.25, -0.2) is 4.79 Å². The van der Waals surface area contributed by atoms with Gasteiger partial charge in [-0.05, 0) is 35.5 Å². The SMILES string of the molecule is CC(C)[Si](OC[C@@H]1CC[C@H](n2ccc(N)nc2=O)O1)(C(C)C)C(C)C. The van der Waals surface area contributed by atoms with Crippen molar-refractivity contribution in [3.05, 3.63) is 22.7 Å². The highest BCUT2D eigenvalue weighted by Crippen LogP contribution is 2.42. The van der Waals surface area contributed by atoms with Gasteiger partial charge in [0.05, 0.1) is 12.7 Å². The van der Waals surface area contributed by atoms with Gasteiger partial charge in [0.1, 0.15) is 12.0 Å². The van der Waals surface area contributed by atoms with Crippen LogP contribution < -0.4 is 11.4 Å². The van der Waals surface area contributed by atoms with Gasteiger partial charge in [0, 0.05) is 6.20 Å². The van der Waals surface area contributed by atoms with Gasteiger partial charge < -0.3 is 14.9 Å². The van der Waals surface area contributed by atoms with Crippen LogP contribution in [0.3, 0.4) is 0 Å². The van der Waals surface area contributed by atoms with E-state index in [2.05, 4.69) is 46.5 Å². The van der Waals surface area contributed by atoms with E-state index in [-0.39, 0.29) is 23.8 Å². The smallest absolute Gasteiger partial charge is 0.351 e. The summed E-state index contributed by atoms with van der Waals surface area (Å²) >= 11 is 0. The third kappa shape index (κ3) is 4.15. The van der Waals surface area contributed by atoms with Gasteiger partial charge in [-0.15, -0.1) is 0 Å². The number of nitrogens with two attached hydrogens (primary N) is 1. The van der Waals surface area contributed by atoms with E-state index in [1.54, 1.807) is 12.3 Å². The topological polar surface area (TPSA) is 79.4 Å². The minimum absolute atomic E-state index is 0.0255. The van der Waals surface area contributed by atoms with E-state index in [4.69, 9.17) is 14.9 Å². The Morgan fingerprint density at radius 3 is 2.36 bits per heavy atom. The maximum absolute atomic E-state index is 12.0. The highest BCUT2D eigenvalue weighted by Gasteiger charge is 2.45.